The van der Waals surface area contributed by atoms with E-state index in [-0.39, 0.29) is 11.3 Å². The van der Waals surface area contributed by atoms with Gasteiger partial charge in [0.2, 0.25) is 0 Å². The number of nitro benzene ring substituents is 1. The van der Waals surface area contributed by atoms with Crippen LogP contribution in [0.5, 0.6) is 0 Å². The van der Waals surface area contributed by atoms with Gasteiger partial charge in [-0.2, -0.15) is 5.26 Å². The summed E-state index contributed by atoms with van der Waals surface area (Å²) in [5.74, 6) is 1.30. The largest absolute Gasteiger partial charge is 0.376 e. The van der Waals surface area contributed by atoms with Crippen LogP contribution in [0.15, 0.2) is 18.2 Å². The smallest absolute Gasteiger partial charge is 0.309 e. The first-order valence-corrected chi connectivity index (χ1v) is 6.64. The summed E-state index contributed by atoms with van der Waals surface area (Å²) in [7, 11) is 0. The summed E-state index contributed by atoms with van der Waals surface area (Å²) in [5, 5.41) is 23.5. The second-order valence-electron chi connectivity index (χ2n) is 5.42. The van der Waals surface area contributed by atoms with Gasteiger partial charge in [-0.05, 0) is 49.7 Å². The number of hydrogen-bond donors (Lipinski definition) is 1. The summed E-state index contributed by atoms with van der Waals surface area (Å²) in [5.41, 5.74) is 0.532. The summed E-state index contributed by atoms with van der Waals surface area (Å²) < 4.78 is 0. The van der Waals surface area contributed by atoms with Gasteiger partial charge in [0.15, 0.2) is 0 Å². The molecule has 19 heavy (non-hydrogen) atoms. The number of nitrogens with zero attached hydrogens (tertiary/aromatic N) is 2. The van der Waals surface area contributed by atoms with E-state index in [9.17, 15) is 10.1 Å². The Morgan fingerprint density at radius 3 is 2.42 bits per heavy atom. The topological polar surface area (TPSA) is 79.0 Å². The molecule has 5 heteroatoms. The number of anilines is 1. The maximum atomic E-state index is 11.2. The molecule has 2 aliphatic carbocycles. The molecule has 1 aromatic rings. The zero-order chi connectivity index (χ0) is 13.4. The maximum absolute atomic E-state index is 11.2. The van der Waals surface area contributed by atoms with Crippen LogP contribution >= 0.6 is 0 Å². The standard InChI is InChI=1S/C14H15N3O2/c15-8-11-2-1-3-12(14(11)17(18)19)16-13(9-4-5-9)10-6-7-10/h1-3,9-10,13,16H,4-7H2. The number of nitriles is 1. The second-order valence-corrected chi connectivity index (χ2v) is 5.42. The van der Waals surface area contributed by atoms with E-state index in [1.807, 2.05) is 6.07 Å². The van der Waals surface area contributed by atoms with Crippen molar-refractivity contribution in [2.75, 3.05) is 5.32 Å². The second kappa shape index (κ2) is 4.54. The molecule has 0 aromatic heterocycles. The molecule has 1 aromatic carbocycles. The fourth-order valence-corrected chi connectivity index (χ4v) is 2.66. The monoisotopic (exact) mass is 257 g/mol. The molecule has 2 aliphatic rings. The van der Waals surface area contributed by atoms with E-state index in [0.717, 1.165) is 0 Å². The molecular weight excluding hydrogens is 242 g/mol. The third-order valence-corrected chi connectivity index (χ3v) is 3.92. The van der Waals surface area contributed by atoms with E-state index in [2.05, 4.69) is 5.32 Å². The van der Waals surface area contributed by atoms with Crippen LogP contribution in [-0.4, -0.2) is 11.0 Å². The van der Waals surface area contributed by atoms with Crippen molar-refractivity contribution in [2.24, 2.45) is 11.8 Å². The van der Waals surface area contributed by atoms with E-state index in [1.54, 1.807) is 12.1 Å². The highest BCUT2D eigenvalue weighted by molar-refractivity contribution is 5.69. The van der Waals surface area contributed by atoms with Gasteiger partial charge in [-0.25, -0.2) is 0 Å². The fourth-order valence-electron chi connectivity index (χ4n) is 2.66. The summed E-state index contributed by atoms with van der Waals surface area (Å²) in [6, 6.07) is 7.14. The Hall–Kier alpha value is -2.09. The lowest BCUT2D eigenvalue weighted by Crippen LogP contribution is -2.24. The lowest BCUT2D eigenvalue weighted by molar-refractivity contribution is -0.384. The zero-order valence-corrected chi connectivity index (χ0v) is 10.5. The van der Waals surface area contributed by atoms with Gasteiger partial charge >= 0.3 is 5.69 Å². The van der Waals surface area contributed by atoms with Crippen LogP contribution < -0.4 is 5.32 Å². The average Bonchev–Trinajstić information content (AvgIpc) is 3.28. The van der Waals surface area contributed by atoms with Crippen molar-refractivity contribution in [3.8, 4) is 6.07 Å². The Morgan fingerprint density at radius 1 is 1.32 bits per heavy atom. The van der Waals surface area contributed by atoms with E-state index in [1.165, 1.54) is 31.7 Å². The molecule has 0 spiro atoms. The van der Waals surface area contributed by atoms with Gasteiger partial charge < -0.3 is 5.32 Å². The molecule has 0 radical (unpaired) electrons. The van der Waals surface area contributed by atoms with Crippen LogP contribution in [-0.2, 0) is 0 Å². The first-order valence-electron chi connectivity index (χ1n) is 6.64. The first-order chi connectivity index (χ1) is 9.20. The van der Waals surface area contributed by atoms with E-state index < -0.39 is 4.92 Å². The predicted octanol–water partition coefficient (Wildman–Crippen LogP) is 3.07. The van der Waals surface area contributed by atoms with Gasteiger partial charge in [-0.1, -0.05) is 6.07 Å². The molecule has 0 saturated heterocycles. The molecule has 0 amide bonds. The molecular formula is C14H15N3O2. The number of para-hydroxylation sites is 1. The van der Waals surface area contributed by atoms with Crippen LogP contribution in [0.1, 0.15) is 31.2 Å². The molecule has 0 bridgehead atoms. The highest BCUT2D eigenvalue weighted by Gasteiger charge is 2.42. The van der Waals surface area contributed by atoms with Gasteiger partial charge in [0.25, 0.3) is 0 Å². The highest BCUT2D eigenvalue weighted by atomic mass is 16.6. The maximum Gasteiger partial charge on any atom is 0.309 e. The number of rotatable bonds is 5. The van der Waals surface area contributed by atoms with Crippen LogP contribution in [0.25, 0.3) is 0 Å². The summed E-state index contributed by atoms with van der Waals surface area (Å²) in [6.07, 6.45) is 4.83. The van der Waals surface area contributed by atoms with Crippen molar-refractivity contribution >= 4 is 11.4 Å². The van der Waals surface area contributed by atoms with Crippen molar-refractivity contribution in [3.63, 3.8) is 0 Å². The number of nitrogens with one attached hydrogen (secondary N) is 1. The minimum Gasteiger partial charge on any atom is -0.376 e. The minimum absolute atomic E-state index is 0.0868. The van der Waals surface area contributed by atoms with Crippen molar-refractivity contribution in [1.82, 2.24) is 0 Å². The van der Waals surface area contributed by atoms with Gasteiger partial charge in [0, 0.05) is 6.04 Å². The van der Waals surface area contributed by atoms with E-state index in [4.69, 9.17) is 5.26 Å². The van der Waals surface area contributed by atoms with Gasteiger partial charge in [-0.15, -0.1) is 0 Å². The summed E-state index contributed by atoms with van der Waals surface area (Å²) in [4.78, 5) is 10.7. The highest BCUT2D eigenvalue weighted by Crippen LogP contribution is 2.46. The molecule has 2 fully saturated rings. The number of hydrogen-bond acceptors (Lipinski definition) is 4. The minimum atomic E-state index is -0.461. The average molecular weight is 257 g/mol. The molecule has 2 saturated carbocycles. The third-order valence-electron chi connectivity index (χ3n) is 3.92. The lowest BCUT2D eigenvalue weighted by Gasteiger charge is -2.19. The van der Waals surface area contributed by atoms with E-state index in [0.29, 0.717) is 23.6 Å². The van der Waals surface area contributed by atoms with Gasteiger partial charge in [0.05, 0.1) is 4.92 Å². The Kier molecular flexibility index (Phi) is 2.86. The third kappa shape index (κ3) is 2.39. The Balaban J connectivity index is 1.91. The van der Waals surface area contributed by atoms with Crippen LogP contribution in [0.4, 0.5) is 11.4 Å². The zero-order valence-electron chi connectivity index (χ0n) is 10.5. The lowest BCUT2D eigenvalue weighted by atomic mass is 10.1. The van der Waals surface area contributed by atoms with Crippen LogP contribution in [0, 0.1) is 33.3 Å². The quantitative estimate of drug-likeness (QED) is 0.649. The van der Waals surface area contributed by atoms with Crippen LogP contribution in [0.2, 0.25) is 0 Å². The number of nitro groups is 1. The van der Waals surface area contributed by atoms with Gasteiger partial charge in [-0.3, -0.25) is 10.1 Å². The summed E-state index contributed by atoms with van der Waals surface area (Å²) in [6.45, 7) is 0. The predicted molar refractivity (Wildman–Crippen MR) is 70.7 cm³/mol. The van der Waals surface area contributed by atoms with Crippen LogP contribution in [0.3, 0.4) is 0 Å². The van der Waals surface area contributed by atoms with Crippen molar-refractivity contribution in [2.45, 2.75) is 31.7 Å². The fraction of sp³-hybridized carbons (Fsp3) is 0.500. The SMILES string of the molecule is N#Cc1cccc(NC(C2CC2)C2CC2)c1[N+](=O)[O-]. The number of benzene rings is 1. The van der Waals surface area contributed by atoms with Crippen molar-refractivity contribution in [1.29, 1.82) is 5.26 Å². The normalized spacial score (nSPS) is 18.1. The molecule has 0 atom stereocenters. The van der Waals surface area contributed by atoms with E-state index >= 15 is 0 Å². The molecule has 1 N–H and O–H groups in total. The molecule has 0 heterocycles. The molecule has 98 valence electrons. The Morgan fingerprint density at radius 2 is 1.95 bits per heavy atom. The molecule has 0 aliphatic heterocycles. The molecule has 5 nitrogen and oxygen atoms in total. The van der Waals surface area contributed by atoms with Gasteiger partial charge in [0.1, 0.15) is 17.3 Å². The Labute approximate surface area is 111 Å². The first kappa shape index (κ1) is 12.0. The van der Waals surface area contributed by atoms with Crippen molar-refractivity contribution in [3.05, 3.63) is 33.9 Å². The molecule has 3 rings (SSSR count). The van der Waals surface area contributed by atoms with Crippen molar-refractivity contribution < 1.29 is 4.92 Å². The molecule has 0 unspecified atom stereocenters. The Bertz CT molecular complexity index is 544. The summed E-state index contributed by atoms with van der Waals surface area (Å²) >= 11 is 0.